The molecule has 0 radical (unpaired) electrons. The molecule has 154 valence electrons. The van der Waals surface area contributed by atoms with Crippen molar-refractivity contribution in [2.24, 2.45) is 10.9 Å². The van der Waals surface area contributed by atoms with E-state index in [1.54, 1.807) is 26.8 Å². The molecule has 1 aromatic carbocycles. The van der Waals surface area contributed by atoms with Crippen LogP contribution < -0.4 is 16.0 Å². The number of carbonyl (C=O) groups is 1. The molecule has 1 unspecified atom stereocenters. The molecule has 0 heterocycles. The van der Waals surface area contributed by atoms with Crippen LogP contribution >= 0.6 is 24.0 Å². The Labute approximate surface area is 175 Å². The summed E-state index contributed by atoms with van der Waals surface area (Å²) in [6.45, 7) is 8.64. The fourth-order valence-electron chi connectivity index (χ4n) is 2.14. The Kier molecular flexibility index (Phi) is 11.4. The van der Waals surface area contributed by atoms with Gasteiger partial charge >= 0.3 is 6.18 Å². The van der Waals surface area contributed by atoms with Crippen LogP contribution in [0.15, 0.2) is 29.3 Å². The fourth-order valence-corrected chi connectivity index (χ4v) is 2.14. The summed E-state index contributed by atoms with van der Waals surface area (Å²) in [7, 11) is 0. The van der Waals surface area contributed by atoms with Gasteiger partial charge in [-0.05, 0) is 31.5 Å². The summed E-state index contributed by atoms with van der Waals surface area (Å²) < 4.78 is 38.6. The predicted octanol–water partition coefficient (Wildman–Crippen LogP) is 3.71. The van der Waals surface area contributed by atoms with Crippen LogP contribution in [-0.4, -0.2) is 31.5 Å². The average molecular weight is 500 g/mol. The van der Waals surface area contributed by atoms with Crippen molar-refractivity contribution in [3.05, 3.63) is 35.4 Å². The molecule has 5 nitrogen and oxygen atoms in total. The van der Waals surface area contributed by atoms with Crippen molar-refractivity contribution in [3.63, 3.8) is 0 Å². The van der Waals surface area contributed by atoms with E-state index in [9.17, 15) is 18.0 Å². The lowest BCUT2D eigenvalue weighted by atomic mass is 10.1. The number of nitrogens with zero attached hydrogens (tertiary/aromatic N) is 1. The van der Waals surface area contributed by atoms with Gasteiger partial charge in [0.1, 0.15) is 0 Å². The van der Waals surface area contributed by atoms with Crippen molar-refractivity contribution in [2.45, 2.75) is 39.9 Å². The molecule has 0 aliphatic rings. The molecule has 0 fully saturated rings. The first kappa shape index (κ1) is 25.5. The normalized spacial score (nSPS) is 13.0. The Hall–Kier alpha value is -1.52. The minimum absolute atomic E-state index is 0. The minimum atomic E-state index is -4.37. The van der Waals surface area contributed by atoms with Crippen molar-refractivity contribution in [1.82, 2.24) is 16.0 Å². The third-order valence-electron chi connectivity index (χ3n) is 3.62. The molecule has 9 heteroatoms. The number of amides is 1. The lowest BCUT2D eigenvalue weighted by molar-refractivity contribution is -0.137. The van der Waals surface area contributed by atoms with E-state index in [2.05, 4.69) is 20.9 Å². The Balaban J connectivity index is 0.00000676. The summed E-state index contributed by atoms with van der Waals surface area (Å²) in [6.07, 6.45) is -4.37. The summed E-state index contributed by atoms with van der Waals surface area (Å²) in [5, 5.41) is 8.89. The van der Waals surface area contributed by atoms with E-state index in [-0.39, 0.29) is 41.8 Å². The van der Waals surface area contributed by atoms with E-state index in [0.717, 1.165) is 12.1 Å². The van der Waals surface area contributed by atoms with E-state index in [1.807, 2.05) is 6.92 Å². The molecule has 0 aromatic heterocycles. The summed E-state index contributed by atoms with van der Waals surface area (Å²) in [6, 6.07) is 4.85. The molecule has 3 N–H and O–H groups in total. The number of carbonyl (C=O) groups excluding carboxylic acids is 1. The smallest absolute Gasteiger partial charge is 0.357 e. The standard InChI is InChI=1S/C18H27F3N4O.HI/c1-5-22-17(24-10-9-23-16(26)12(2)3)25-13(4)14-7-6-8-15(11-14)18(19,20)21;/h6-8,11-13H,5,9-10H2,1-4H3,(H,23,26)(H2,22,24,25);1H. The molecule has 0 saturated heterocycles. The summed E-state index contributed by atoms with van der Waals surface area (Å²) >= 11 is 0. The number of alkyl halides is 3. The molecule has 0 spiro atoms. The number of aliphatic imine (C=N–C) groups is 1. The van der Waals surface area contributed by atoms with Crippen molar-refractivity contribution in [1.29, 1.82) is 0 Å². The van der Waals surface area contributed by atoms with Crippen LogP contribution in [0.5, 0.6) is 0 Å². The lowest BCUT2D eigenvalue weighted by Gasteiger charge is -2.19. The largest absolute Gasteiger partial charge is 0.416 e. The molecule has 1 amide bonds. The molecule has 1 atom stereocenters. The van der Waals surface area contributed by atoms with E-state index in [1.165, 1.54) is 6.07 Å². The van der Waals surface area contributed by atoms with Crippen molar-refractivity contribution < 1.29 is 18.0 Å². The fraction of sp³-hybridized carbons (Fsp3) is 0.556. The monoisotopic (exact) mass is 500 g/mol. The van der Waals surface area contributed by atoms with Gasteiger partial charge in [-0.1, -0.05) is 26.0 Å². The Morgan fingerprint density at radius 3 is 2.41 bits per heavy atom. The van der Waals surface area contributed by atoms with Crippen LogP contribution in [0.25, 0.3) is 0 Å². The van der Waals surface area contributed by atoms with Gasteiger partial charge in [0.15, 0.2) is 5.96 Å². The zero-order valence-corrected chi connectivity index (χ0v) is 18.3. The predicted molar refractivity (Wildman–Crippen MR) is 112 cm³/mol. The van der Waals surface area contributed by atoms with Crippen LogP contribution in [-0.2, 0) is 11.0 Å². The first-order valence-electron chi connectivity index (χ1n) is 8.64. The first-order chi connectivity index (χ1) is 12.1. The molecule has 0 aliphatic heterocycles. The van der Waals surface area contributed by atoms with Gasteiger partial charge in [-0.2, -0.15) is 13.2 Å². The highest BCUT2D eigenvalue weighted by molar-refractivity contribution is 14.0. The Bertz CT molecular complexity index is 621. The number of rotatable bonds is 7. The molecule has 1 aromatic rings. The van der Waals surface area contributed by atoms with Gasteiger partial charge in [-0.25, -0.2) is 0 Å². The maximum Gasteiger partial charge on any atom is 0.416 e. The maximum absolute atomic E-state index is 12.9. The summed E-state index contributed by atoms with van der Waals surface area (Å²) in [4.78, 5) is 15.8. The molecule has 0 saturated carbocycles. The van der Waals surface area contributed by atoms with Crippen LogP contribution in [0.4, 0.5) is 13.2 Å². The molecular weight excluding hydrogens is 472 g/mol. The second-order valence-electron chi connectivity index (χ2n) is 6.20. The highest BCUT2D eigenvalue weighted by Gasteiger charge is 2.30. The number of halogens is 4. The highest BCUT2D eigenvalue weighted by Crippen LogP contribution is 2.30. The zero-order chi connectivity index (χ0) is 19.7. The van der Waals surface area contributed by atoms with E-state index in [0.29, 0.717) is 31.2 Å². The highest BCUT2D eigenvalue weighted by atomic mass is 127. The van der Waals surface area contributed by atoms with Gasteiger partial charge in [-0.15, -0.1) is 24.0 Å². The SMILES string of the molecule is CCNC(=NCCNC(=O)C(C)C)NC(C)c1cccc(C(F)(F)F)c1.I. The molecule has 1 rings (SSSR count). The summed E-state index contributed by atoms with van der Waals surface area (Å²) in [5.74, 6) is 0.345. The third-order valence-corrected chi connectivity index (χ3v) is 3.62. The quantitative estimate of drug-likeness (QED) is 0.232. The second-order valence-corrected chi connectivity index (χ2v) is 6.20. The van der Waals surface area contributed by atoms with Crippen LogP contribution in [0, 0.1) is 5.92 Å². The van der Waals surface area contributed by atoms with Gasteiger partial charge in [0.05, 0.1) is 18.2 Å². The molecular formula is C18H28F3IN4O. The van der Waals surface area contributed by atoms with Gasteiger partial charge in [0.2, 0.25) is 5.91 Å². The molecule has 27 heavy (non-hydrogen) atoms. The summed E-state index contributed by atoms with van der Waals surface area (Å²) in [5.41, 5.74) is -0.166. The van der Waals surface area contributed by atoms with Crippen molar-refractivity contribution in [2.75, 3.05) is 19.6 Å². The van der Waals surface area contributed by atoms with E-state index in [4.69, 9.17) is 0 Å². The Morgan fingerprint density at radius 1 is 1.19 bits per heavy atom. The van der Waals surface area contributed by atoms with Crippen molar-refractivity contribution in [3.8, 4) is 0 Å². The number of nitrogens with one attached hydrogen (secondary N) is 3. The lowest BCUT2D eigenvalue weighted by Crippen LogP contribution is -2.39. The number of benzene rings is 1. The van der Waals surface area contributed by atoms with Gasteiger partial charge in [0, 0.05) is 19.0 Å². The number of hydrogen-bond donors (Lipinski definition) is 3. The van der Waals surface area contributed by atoms with Gasteiger partial charge < -0.3 is 16.0 Å². The number of guanidine groups is 1. The second kappa shape index (κ2) is 12.0. The van der Waals surface area contributed by atoms with E-state index >= 15 is 0 Å². The molecule has 0 aliphatic carbocycles. The van der Waals surface area contributed by atoms with Crippen LogP contribution in [0.3, 0.4) is 0 Å². The average Bonchev–Trinajstić information content (AvgIpc) is 2.57. The Morgan fingerprint density at radius 2 is 1.85 bits per heavy atom. The maximum atomic E-state index is 12.9. The van der Waals surface area contributed by atoms with Gasteiger partial charge in [-0.3, -0.25) is 9.79 Å². The minimum Gasteiger partial charge on any atom is -0.357 e. The zero-order valence-electron chi connectivity index (χ0n) is 16.0. The van der Waals surface area contributed by atoms with Gasteiger partial charge in [0.25, 0.3) is 0 Å². The number of hydrogen-bond acceptors (Lipinski definition) is 2. The molecule has 0 bridgehead atoms. The van der Waals surface area contributed by atoms with E-state index < -0.39 is 11.7 Å². The topological polar surface area (TPSA) is 65.5 Å². The first-order valence-corrected chi connectivity index (χ1v) is 8.64. The van der Waals surface area contributed by atoms with Crippen LogP contribution in [0.2, 0.25) is 0 Å². The van der Waals surface area contributed by atoms with Crippen molar-refractivity contribution >= 4 is 35.8 Å². The third kappa shape index (κ3) is 9.30. The van der Waals surface area contributed by atoms with Crippen LogP contribution in [0.1, 0.15) is 44.9 Å².